The van der Waals surface area contributed by atoms with E-state index >= 15 is 0 Å². The van der Waals surface area contributed by atoms with Gasteiger partial charge in [0, 0.05) is 13.0 Å². The average molecular weight is 248 g/mol. The number of nitriles is 1. The highest BCUT2D eigenvalue weighted by atomic mass is 35.5. The summed E-state index contributed by atoms with van der Waals surface area (Å²) in [5, 5.41) is 12.6. The molecule has 3 nitrogen and oxygen atoms in total. The maximum atomic E-state index is 8.76. The van der Waals surface area contributed by atoms with Crippen molar-refractivity contribution in [1.29, 1.82) is 5.26 Å². The van der Waals surface area contributed by atoms with E-state index in [0.717, 1.165) is 30.9 Å². The molecule has 0 radical (unpaired) electrons. The van der Waals surface area contributed by atoms with Crippen molar-refractivity contribution < 1.29 is 0 Å². The molecule has 1 aromatic carbocycles. The fraction of sp³-hybridized carbons (Fsp3) is 0.385. The SMILES string of the molecule is N#Cc1ccc(NC2=NCCCCC2)c(Cl)c1. The third kappa shape index (κ3) is 3.21. The van der Waals surface area contributed by atoms with Crippen molar-refractivity contribution in [3.63, 3.8) is 0 Å². The summed E-state index contributed by atoms with van der Waals surface area (Å²) >= 11 is 6.10. The molecule has 1 aliphatic heterocycles. The molecule has 0 fully saturated rings. The second-order valence-corrected chi connectivity index (χ2v) is 4.48. The standard InChI is InChI=1S/C13H14ClN3/c14-11-8-10(9-15)5-6-12(11)17-13-4-2-1-3-7-16-13/h5-6,8H,1-4,7H2,(H,16,17). The van der Waals surface area contributed by atoms with E-state index in [9.17, 15) is 0 Å². The van der Waals surface area contributed by atoms with Crippen LogP contribution in [0.2, 0.25) is 5.02 Å². The third-order valence-electron chi connectivity index (χ3n) is 2.75. The lowest BCUT2D eigenvalue weighted by molar-refractivity contribution is 0.731. The smallest absolute Gasteiger partial charge is 0.101 e. The summed E-state index contributed by atoms with van der Waals surface area (Å²) < 4.78 is 0. The maximum Gasteiger partial charge on any atom is 0.101 e. The van der Waals surface area contributed by atoms with E-state index in [4.69, 9.17) is 16.9 Å². The minimum absolute atomic E-state index is 0.566. The fourth-order valence-corrected chi connectivity index (χ4v) is 2.05. The van der Waals surface area contributed by atoms with Gasteiger partial charge in [-0.25, -0.2) is 0 Å². The first kappa shape index (κ1) is 11.9. The molecule has 0 spiro atoms. The van der Waals surface area contributed by atoms with Gasteiger partial charge in [0.15, 0.2) is 0 Å². The van der Waals surface area contributed by atoms with E-state index in [2.05, 4.69) is 16.4 Å². The predicted octanol–water partition coefficient (Wildman–Crippen LogP) is 3.60. The molecule has 1 aliphatic rings. The molecule has 2 rings (SSSR count). The van der Waals surface area contributed by atoms with E-state index in [1.54, 1.807) is 12.1 Å². The number of aliphatic imine (C=N–C) groups is 1. The molecule has 88 valence electrons. The molecule has 0 aliphatic carbocycles. The molecule has 1 N–H and O–H groups in total. The molecule has 0 saturated heterocycles. The first-order valence-corrected chi connectivity index (χ1v) is 6.17. The number of anilines is 1. The lowest BCUT2D eigenvalue weighted by Crippen LogP contribution is -2.11. The lowest BCUT2D eigenvalue weighted by Gasteiger charge is -2.10. The molecule has 1 heterocycles. The zero-order valence-electron chi connectivity index (χ0n) is 9.54. The summed E-state index contributed by atoms with van der Waals surface area (Å²) in [6.07, 6.45) is 4.53. The van der Waals surface area contributed by atoms with Gasteiger partial charge >= 0.3 is 0 Å². The molecule has 17 heavy (non-hydrogen) atoms. The predicted molar refractivity (Wildman–Crippen MR) is 70.6 cm³/mol. The Morgan fingerprint density at radius 2 is 2.18 bits per heavy atom. The third-order valence-corrected chi connectivity index (χ3v) is 3.06. The van der Waals surface area contributed by atoms with Crippen LogP contribution in [0.3, 0.4) is 0 Å². The van der Waals surface area contributed by atoms with Crippen LogP contribution in [-0.2, 0) is 0 Å². The molecule has 4 heteroatoms. The van der Waals surface area contributed by atoms with Crippen LogP contribution in [-0.4, -0.2) is 12.4 Å². The summed E-state index contributed by atoms with van der Waals surface area (Å²) in [4.78, 5) is 4.48. The first-order chi connectivity index (χ1) is 8.29. The van der Waals surface area contributed by atoms with Crippen molar-refractivity contribution >= 4 is 23.1 Å². The van der Waals surface area contributed by atoms with Crippen LogP contribution in [0.25, 0.3) is 0 Å². The van der Waals surface area contributed by atoms with Crippen LogP contribution in [0.5, 0.6) is 0 Å². The number of nitrogens with zero attached hydrogens (tertiary/aromatic N) is 2. The van der Waals surface area contributed by atoms with Crippen molar-refractivity contribution in [2.75, 3.05) is 11.9 Å². The molecule has 0 saturated carbocycles. The highest BCUT2D eigenvalue weighted by Gasteiger charge is 2.07. The monoisotopic (exact) mass is 247 g/mol. The van der Waals surface area contributed by atoms with Gasteiger partial charge in [-0.1, -0.05) is 18.0 Å². The van der Waals surface area contributed by atoms with E-state index in [-0.39, 0.29) is 0 Å². The Bertz CT molecular complexity index is 474. The van der Waals surface area contributed by atoms with E-state index in [1.165, 1.54) is 12.8 Å². The average Bonchev–Trinajstić information content (AvgIpc) is 2.60. The number of benzene rings is 1. The lowest BCUT2D eigenvalue weighted by atomic mass is 10.2. The first-order valence-electron chi connectivity index (χ1n) is 5.79. The van der Waals surface area contributed by atoms with Crippen LogP contribution in [0.4, 0.5) is 5.69 Å². The summed E-state index contributed by atoms with van der Waals surface area (Å²) in [5.41, 5.74) is 1.40. The number of rotatable bonds is 1. The highest BCUT2D eigenvalue weighted by Crippen LogP contribution is 2.23. The number of nitrogens with one attached hydrogen (secondary N) is 1. The van der Waals surface area contributed by atoms with Crippen LogP contribution >= 0.6 is 11.6 Å². The number of hydrogen-bond acceptors (Lipinski definition) is 3. The van der Waals surface area contributed by atoms with Crippen LogP contribution < -0.4 is 5.32 Å². The van der Waals surface area contributed by atoms with Gasteiger partial charge in [-0.3, -0.25) is 4.99 Å². The number of hydrogen-bond donors (Lipinski definition) is 1. The zero-order valence-corrected chi connectivity index (χ0v) is 10.3. The van der Waals surface area contributed by atoms with Gasteiger partial charge in [0.05, 0.1) is 22.3 Å². The summed E-state index contributed by atoms with van der Waals surface area (Å²) in [5.74, 6) is 0.995. The molecular formula is C13H14ClN3. The number of halogens is 1. The van der Waals surface area contributed by atoms with Gasteiger partial charge in [0.2, 0.25) is 0 Å². The maximum absolute atomic E-state index is 8.76. The second-order valence-electron chi connectivity index (χ2n) is 4.07. The largest absolute Gasteiger partial charge is 0.343 e. The van der Waals surface area contributed by atoms with Crippen LogP contribution in [0.1, 0.15) is 31.2 Å². The summed E-state index contributed by atoms with van der Waals surface area (Å²) in [6, 6.07) is 7.32. The topological polar surface area (TPSA) is 48.2 Å². The van der Waals surface area contributed by atoms with E-state index < -0.39 is 0 Å². The van der Waals surface area contributed by atoms with Gasteiger partial charge in [-0.2, -0.15) is 5.26 Å². The molecular weight excluding hydrogens is 234 g/mol. The van der Waals surface area contributed by atoms with Crippen molar-refractivity contribution in [3.05, 3.63) is 28.8 Å². The van der Waals surface area contributed by atoms with Gasteiger partial charge in [-0.15, -0.1) is 0 Å². The minimum atomic E-state index is 0.566. The summed E-state index contributed by atoms with van der Waals surface area (Å²) in [6.45, 7) is 0.885. The molecule has 0 aromatic heterocycles. The zero-order chi connectivity index (χ0) is 12.1. The van der Waals surface area contributed by atoms with Gasteiger partial charge < -0.3 is 5.32 Å². The van der Waals surface area contributed by atoms with Crippen LogP contribution in [0.15, 0.2) is 23.2 Å². The Hall–Kier alpha value is -1.53. The fourth-order valence-electron chi connectivity index (χ4n) is 1.82. The number of amidine groups is 1. The molecule has 0 unspecified atom stereocenters. The van der Waals surface area contributed by atoms with Crippen molar-refractivity contribution in [2.24, 2.45) is 4.99 Å². The highest BCUT2D eigenvalue weighted by molar-refractivity contribution is 6.33. The Kier molecular flexibility index (Phi) is 4.00. The molecule has 0 bridgehead atoms. The van der Waals surface area contributed by atoms with Gasteiger partial charge in [0.25, 0.3) is 0 Å². The normalized spacial score (nSPS) is 15.6. The Morgan fingerprint density at radius 3 is 2.94 bits per heavy atom. The van der Waals surface area contributed by atoms with E-state index in [1.807, 2.05) is 6.07 Å². The minimum Gasteiger partial charge on any atom is -0.343 e. The molecule has 1 aromatic rings. The molecule has 0 atom stereocenters. The van der Waals surface area contributed by atoms with Gasteiger partial charge in [0.1, 0.15) is 5.84 Å². The van der Waals surface area contributed by atoms with Gasteiger partial charge in [-0.05, 0) is 31.0 Å². The Labute approximate surface area is 106 Å². The second kappa shape index (κ2) is 5.70. The van der Waals surface area contributed by atoms with Crippen molar-refractivity contribution in [1.82, 2.24) is 0 Å². The van der Waals surface area contributed by atoms with Crippen molar-refractivity contribution in [2.45, 2.75) is 25.7 Å². The Balaban J connectivity index is 2.13. The molecule has 0 amide bonds. The van der Waals surface area contributed by atoms with Crippen molar-refractivity contribution in [3.8, 4) is 6.07 Å². The quantitative estimate of drug-likeness (QED) is 0.824. The van der Waals surface area contributed by atoms with E-state index in [0.29, 0.717) is 10.6 Å². The Morgan fingerprint density at radius 1 is 1.29 bits per heavy atom. The summed E-state index contributed by atoms with van der Waals surface area (Å²) in [7, 11) is 0. The van der Waals surface area contributed by atoms with Crippen LogP contribution in [0, 0.1) is 11.3 Å².